The van der Waals surface area contributed by atoms with E-state index in [1.54, 1.807) is 42.5 Å². The number of carbonyl (C=O) groups excluding carboxylic acids is 3. The molecule has 8 nitrogen and oxygen atoms in total. The third kappa shape index (κ3) is 6.68. The molecule has 0 unspecified atom stereocenters. The number of ether oxygens (including phenoxy) is 2. The number of aryl methyl sites for hydroxylation is 1. The van der Waals surface area contributed by atoms with Crippen molar-refractivity contribution in [2.45, 2.75) is 20.5 Å². The molecular formula is C28H25FIN3O5. The summed E-state index contributed by atoms with van der Waals surface area (Å²) in [5.74, 6) is -0.538. The highest BCUT2D eigenvalue weighted by atomic mass is 127. The Labute approximate surface area is 232 Å². The lowest BCUT2D eigenvalue weighted by atomic mass is 10.1. The molecule has 0 bridgehead atoms. The zero-order valence-corrected chi connectivity index (χ0v) is 22.9. The molecule has 4 amide bonds. The van der Waals surface area contributed by atoms with Gasteiger partial charge in [-0.1, -0.05) is 24.3 Å². The van der Waals surface area contributed by atoms with E-state index in [9.17, 15) is 18.8 Å². The number of nitrogens with one attached hydrogen (secondary N) is 2. The first-order valence-electron chi connectivity index (χ1n) is 11.8. The number of rotatable bonds is 9. The lowest BCUT2D eigenvalue weighted by molar-refractivity contribution is -0.127. The minimum Gasteiger partial charge on any atom is -0.490 e. The highest BCUT2D eigenvalue weighted by molar-refractivity contribution is 14.1. The van der Waals surface area contributed by atoms with E-state index >= 15 is 0 Å². The summed E-state index contributed by atoms with van der Waals surface area (Å²) in [5, 5.41) is 5.22. The number of urea groups is 1. The summed E-state index contributed by atoms with van der Waals surface area (Å²) >= 11 is 2.09. The standard InChI is InChI=1S/C28H25FIN3O5/c1-3-37-24-14-19(12-22(30)26(24)38-16-18-7-5-8-20(29)11-18)13-23-27(35)33(28(36)32-23)15-25(34)31-21-9-4-6-17(2)10-21/h4-14H,3,15-16H2,1-2H3,(H,31,34)(H,32,36)/b23-13+. The van der Waals surface area contributed by atoms with Gasteiger partial charge < -0.3 is 20.1 Å². The fourth-order valence-electron chi connectivity index (χ4n) is 3.81. The predicted molar refractivity (Wildman–Crippen MR) is 149 cm³/mol. The van der Waals surface area contributed by atoms with E-state index in [0.29, 0.717) is 38.5 Å². The number of amides is 4. The Hall–Kier alpha value is -3.93. The van der Waals surface area contributed by atoms with Crippen LogP contribution in [0, 0.1) is 16.3 Å². The summed E-state index contributed by atoms with van der Waals surface area (Å²) in [6, 6.07) is 16.1. The van der Waals surface area contributed by atoms with E-state index in [1.165, 1.54) is 18.2 Å². The van der Waals surface area contributed by atoms with Gasteiger partial charge in [0.1, 0.15) is 24.7 Å². The van der Waals surface area contributed by atoms with Crippen LogP contribution in [0.1, 0.15) is 23.6 Å². The van der Waals surface area contributed by atoms with Crippen LogP contribution in [0.2, 0.25) is 0 Å². The van der Waals surface area contributed by atoms with Gasteiger partial charge in [0.25, 0.3) is 5.91 Å². The average molecular weight is 629 g/mol. The van der Waals surface area contributed by atoms with Crippen molar-refractivity contribution >= 4 is 52.2 Å². The van der Waals surface area contributed by atoms with Gasteiger partial charge in [-0.15, -0.1) is 0 Å². The quantitative estimate of drug-likeness (QED) is 0.192. The maximum atomic E-state index is 13.5. The second-order valence-electron chi connectivity index (χ2n) is 8.48. The molecule has 3 aromatic carbocycles. The number of nitrogens with zero attached hydrogens (tertiary/aromatic N) is 1. The molecule has 0 aliphatic carbocycles. The second-order valence-corrected chi connectivity index (χ2v) is 9.64. The lowest BCUT2D eigenvalue weighted by Gasteiger charge is -2.15. The van der Waals surface area contributed by atoms with Crippen LogP contribution < -0.4 is 20.1 Å². The summed E-state index contributed by atoms with van der Waals surface area (Å²) in [7, 11) is 0. The van der Waals surface area contributed by atoms with Gasteiger partial charge in [-0.3, -0.25) is 9.59 Å². The third-order valence-corrected chi connectivity index (χ3v) is 6.28. The van der Waals surface area contributed by atoms with Gasteiger partial charge in [0.05, 0.1) is 10.2 Å². The monoisotopic (exact) mass is 629 g/mol. The van der Waals surface area contributed by atoms with Gasteiger partial charge >= 0.3 is 6.03 Å². The highest BCUT2D eigenvalue weighted by Gasteiger charge is 2.35. The predicted octanol–water partition coefficient (Wildman–Crippen LogP) is 5.25. The molecule has 1 heterocycles. The molecule has 3 aromatic rings. The third-order valence-electron chi connectivity index (χ3n) is 5.48. The summed E-state index contributed by atoms with van der Waals surface area (Å²) in [4.78, 5) is 38.7. The van der Waals surface area contributed by atoms with Crippen molar-refractivity contribution in [3.8, 4) is 11.5 Å². The van der Waals surface area contributed by atoms with Crippen molar-refractivity contribution in [2.75, 3.05) is 18.5 Å². The normalized spacial score (nSPS) is 14.0. The molecule has 38 heavy (non-hydrogen) atoms. The van der Waals surface area contributed by atoms with Gasteiger partial charge in [0, 0.05) is 5.69 Å². The molecular weight excluding hydrogens is 604 g/mol. The average Bonchev–Trinajstić information content (AvgIpc) is 3.11. The van der Waals surface area contributed by atoms with Gasteiger partial charge in [0.2, 0.25) is 5.91 Å². The SMILES string of the molecule is CCOc1cc(/C=C2/NC(=O)N(CC(=O)Nc3cccc(C)c3)C2=O)cc(I)c1OCc1cccc(F)c1. The summed E-state index contributed by atoms with van der Waals surface area (Å²) in [5.41, 5.74) is 2.83. The number of imide groups is 1. The topological polar surface area (TPSA) is 97.0 Å². The van der Waals surface area contributed by atoms with E-state index < -0.39 is 24.4 Å². The summed E-state index contributed by atoms with van der Waals surface area (Å²) in [6.45, 7) is 3.80. The van der Waals surface area contributed by atoms with Crippen LogP contribution in [-0.4, -0.2) is 35.9 Å². The molecule has 4 rings (SSSR count). The van der Waals surface area contributed by atoms with E-state index in [1.807, 2.05) is 19.9 Å². The maximum absolute atomic E-state index is 13.5. The smallest absolute Gasteiger partial charge is 0.329 e. The van der Waals surface area contributed by atoms with E-state index in [2.05, 4.69) is 33.2 Å². The molecule has 0 saturated carbocycles. The summed E-state index contributed by atoms with van der Waals surface area (Å²) in [6.07, 6.45) is 1.51. The molecule has 0 spiro atoms. The largest absolute Gasteiger partial charge is 0.490 e. The van der Waals surface area contributed by atoms with Crippen LogP contribution in [0.15, 0.2) is 66.4 Å². The fraction of sp³-hybridized carbons (Fsp3) is 0.179. The lowest BCUT2D eigenvalue weighted by Crippen LogP contribution is -2.38. The molecule has 0 atom stereocenters. The van der Waals surface area contributed by atoms with Crippen LogP contribution in [0.25, 0.3) is 6.08 Å². The van der Waals surface area contributed by atoms with Crippen molar-refractivity contribution in [2.24, 2.45) is 0 Å². The Morgan fingerprint density at radius 3 is 2.63 bits per heavy atom. The molecule has 0 aromatic heterocycles. The molecule has 1 aliphatic rings. The molecule has 1 fully saturated rings. The zero-order chi connectivity index (χ0) is 27.2. The van der Waals surface area contributed by atoms with Crippen molar-refractivity contribution in [1.82, 2.24) is 10.2 Å². The fourth-order valence-corrected chi connectivity index (χ4v) is 4.59. The van der Waals surface area contributed by atoms with Gasteiger partial charge in [-0.25, -0.2) is 14.1 Å². The van der Waals surface area contributed by atoms with Crippen molar-refractivity contribution in [1.29, 1.82) is 0 Å². The first-order chi connectivity index (χ1) is 18.2. The number of anilines is 1. The highest BCUT2D eigenvalue weighted by Crippen LogP contribution is 2.35. The molecule has 196 valence electrons. The molecule has 1 saturated heterocycles. The molecule has 10 heteroatoms. The van der Waals surface area contributed by atoms with Gasteiger partial charge in [-0.05, 0) is 95.6 Å². The minimum atomic E-state index is -0.685. The van der Waals surface area contributed by atoms with E-state index in [0.717, 1.165) is 10.5 Å². The Bertz CT molecular complexity index is 1430. The first-order valence-corrected chi connectivity index (χ1v) is 12.9. The van der Waals surface area contributed by atoms with E-state index in [4.69, 9.17) is 9.47 Å². The number of hydrogen-bond acceptors (Lipinski definition) is 5. The van der Waals surface area contributed by atoms with E-state index in [-0.39, 0.29) is 18.1 Å². The van der Waals surface area contributed by atoms with Crippen molar-refractivity contribution in [3.63, 3.8) is 0 Å². The first kappa shape index (κ1) is 27.1. The Morgan fingerprint density at radius 2 is 1.89 bits per heavy atom. The number of carbonyl (C=O) groups is 3. The molecule has 2 N–H and O–H groups in total. The maximum Gasteiger partial charge on any atom is 0.329 e. The van der Waals surface area contributed by atoms with Gasteiger partial charge in [-0.2, -0.15) is 0 Å². The Balaban J connectivity index is 1.49. The second kappa shape index (κ2) is 12.1. The number of halogens is 2. The van der Waals surface area contributed by atoms with Crippen LogP contribution in [-0.2, 0) is 16.2 Å². The number of hydrogen-bond donors (Lipinski definition) is 2. The van der Waals surface area contributed by atoms with Crippen LogP contribution in [0.4, 0.5) is 14.9 Å². The van der Waals surface area contributed by atoms with Crippen LogP contribution in [0.3, 0.4) is 0 Å². The summed E-state index contributed by atoms with van der Waals surface area (Å²) < 4.78 is 25.9. The Morgan fingerprint density at radius 1 is 1.11 bits per heavy atom. The molecule has 1 aliphatic heterocycles. The molecule has 0 radical (unpaired) electrons. The number of benzene rings is 3. The zero-order valence-electron chi connectivity index (χ0n) is 20.7. The van der Waals surface area contributed by atoms with Crippen molar-refractivity contribution < 1.29 is 28.2 Å². The van der Waals surface area contributed by atoms with Gasteiger partial charge in [0.15, 0.2) is 11.5 Å². The van der Waals surface area contributed by atoms with Crippen molar-refractivity contribution in [3.05, 3.63) is 92.4 Å². The van der Waals surface area contributed by atoms with Crippen LogP contribution in [0.5, 0.6) is 11.5 Å². The minimum absolute atomic E-state index is 0.0324. The Kier molecular flexibility index (Phi) is 8.62. The van der Waals surface area contributed by atoms with Crippen LogP contribution >= 0.6 is 22.6 Å².